The van der Waals surface area contributed by atoms with Crippen molar-refractivity contribution in [1.82, 2.24) is 10.3 Å². The molecule has 2 rings (SSSR count). The zero-order chi connectivity index (χ0) is 15.1. The molecule has 3 nitrogen and oxygen atoms in total. The Labute approximate surface area is 128 Å². The molecule has 0 bridgehead atoms. The molecule has 0 amide bonds. The van der Waals surface area contributed by atoms with Gasteiger partial charge in [-0.1, -0.05) is 25.1 Å². The first kappa shape index (κ1) is 15.5. The number of nitrogens with one attached hydrogen (secondary N) is 1. The molecule has 0 saturated heterocycles. The van der Waals surface area contributed by atoms with E-state index >= 15 is 0 Å². The fraction of sp³-hybridized carbons (Fsp3) is 0.389. The average molecular weight is 283 g/mol. The maximum Gasteiger partial charge on any atom is 0.0598 e. The van der Waals surface area contributed by atoms with E-state index in [2.05, 4.69) is 72.5 Å². The van der Waals surface area contributed by atoms with Gasteiger partial charge in [0.05, 0.1) is 12.2 Å². The maximum absolute atomic E-state index is 4.56. The van der Waals surface area contributed by atoms with Gasteiger partial charge in [-0.2, -0.15) is 0 Å². The molecule has 0 aliphatic heterocycles. The second-order valence-electron chi connectivity index (χ2n) is 5.53. The second-order valence-corrected chi connectivity index (χ2v) is 5.53. The zero-order valence-corrected chi connectivity index (χ0v) is 13.3. The number of aromatic nitrogens is 1. The molecule has 21 heavy (non-hydrogen) atoms. The van der Waals surface area contributed by atoms with Gasteiger partial charge in [0.25, 0.3) is 0 Å². The summed E-state index contributed by atoms with van der Waals surface area (Å²) in [6.07, 6.45) is 3.13. The van der Waals surface area contributed by atoms with Gasteiger partial charge >= 0.3 is 0 Å². The van der Waals surface area contributed by atoms with Crippen LogP contribution in [0, 0.1) is 6.92 Å². The van der Waals surface area contributed by atoms with Crippen LogP contribution in [-0.4, -0.2) is 18.6 Å². The minimum atomic E-state index is 0.826. The van der Waals surface area contributed by atoms with Crippen LogP contribution in [-0.2, 0) is 13.1 Å². The number of hydrogen-bond donors (Lipinski definition) is 1. The summed E-state index contributed by atoms with van der Waals surface area (Å²) in [6, 6.07) is 12.8. The van der Waals surface area contributed by atoms with Crippen LogP contribution in [0.25, 0.3) is 0 Å². The van der Waals surface area contributed by atoms with Crippen molar-refractivity contribution < 1.29 is 0 Å². The third-order valence-electron chi connectivity index (χ3n) is 3.48. The molecule has 1 N–H and O–H groups in total. The summed E-state index contributed by atoms with van der Waals surface area (Å²) in [6.45, 7) is 7.07. The van der Waals surface area contributed by atoms with Crippen molar-refractivity contribution in [3.8, 4) is 0 Å². The number of benzene rings is 1. The standard InChI is InChI=1S/C18H25N3/c1-4-10-19-12-16-8-9-17(20-13-16)14-21(3)18-7-5-6-15(2)11-18/h5-9,11,13,19H,4,10,12,14H2,1-3H3. The predicted octanol–water partition coefficient (Wildman–Crippen LogP) is 3.53. The van der Waals surface area contributed by atoms with Crippen LogP contribution in [0.3, 0.4) is 0 Å². The first-order valence-electron chi connectivity index (χ1n) is 7.61. The molecule has 0 saturated carbocycles. The largest absolute Gasteiger partial charge is 0.369 e. The Morgan fingerprint density at radius 1 is 1.19 bits per heavy atom. The number of hydrogen-bond acceptors (Lipinski definition) is 3. The van der Waals surface area contributed by atoms with E-state index in [0.717, 1.165) is 31.7 Å². The Bertz CT molecular complexity index is 549. The molecular formula is C18H25N3. The molecule has 0 radical (unpaired) electrons. The Morgan fingerprint density at radius 3 is 2.71 bits per heavy atom. The molecule has 2 aromatic rings. The van der Waals surface area contributed by atoms with E-state index in [1.807, 2.05) is 6.20 Å². The van der Waals surface area contributed by atoms with E-state index in [1.54, 1.807) is 0 Å². The number of nitrogens with zero attached hydrogens (tertiary/aromatic N) is 2. The van der Waals surface area contributed by atoms with Crippen LogP contribution >= 0.6 is 0 Å². The molecule has 0 fully saturated rings. The summed E-state index contributed by atoms with van der Waals surface area (Å²) in [4.78, 5) is 6.79. The third kappa shape index (κ3) is 4.87. The highest BCUT2D eigenvalue weighted by atomic mass is 15.1. The lowest BCUT2D eigenvalue weighted by Gasteiger charge is -2.19. The van der Waals surface area contributed by atoms with Crippen molar-refractivity contribution in [2.75, 3.05) is 18.5 Å². The molecule has 0 unspecified atom stereocenters. The summed E-state index contributed by atoms with van der Waals surface area (Å²) in [5, 5.41) is 3.39. The Kier molecular flexibility index (Phi) is 5.76. The SMILES string of the molecule is CCCNCc1ccc(CN(C)c2cccc(C)c2)nc1. The van der Waals surface area contributed by atoms with Gasteiger partial charge in [0.1, 0.15) is 0 Å². The number of pyridine rings is 1. The van der Waals surface area contributed by atoms with Crippen molar-refractivity contribution in [3.63, 3.8) is 0 Å². The first-order chi connectivity index (χ1) is 10.2. The predicted molar refractivity (Wildman–Crippen MR) is 89.5 cm³/mol. The van der Waals surface area contributed by atoms with E-state index in [4.69, 9.17) is 0 Å². The van der Waals surface area contributed by atoms with Gasteiger partial charge in [-0.25, -0.2) is 0 Å². The fourth-order valence-corrected chi connectivity index (χ4v) is 2.26. The summed E-state index contributed by atoms with van der Waals surface area (Å²) in [7, 11) is 2.10. The van der Waals surface area contributed by atoms with Gasteiger partial charge in [-0.05, 0) is 49.2 Å². The van der Waals surface area contributed by atoms with Gasteiger partial charge in [-0.15, -0.1) is 0 Å². The Balaban J connectivity index is 1.93. The lowest BCUT2D eigenvalue weighted by Crippen LogP contribution is -2.18. The van der Waals surface area contributed by atoms with Crippen LogP contribution in [0.1, 0.15) is 30.2 Å². The van der Waals surface area contributed by atoms with E-state index in [1.165, 1.54) is 16.8 Å². The van der Waals surface area contributed by atoms with Crippen molar-refractivity contribution in [3.05, 3.63) is 59.4 Å². The Hall–Kier alpha value is -1.87. The first-order valence-corrected chi connectivity index (χ1v) is 7.61. The summed E-state index contributed by atoms with van der Waals surface area (Å²) < 4.78 is 0. The topological polar surface area (TPSA) is 28.2 Å². The molecule has 1 heterocycles. The van der Waals surface area contributed by atoms with Gasteiger partial charge in [0.15, 0.2) is 0 Å². The van der Waals surface area contributed by atoms with Crippen molar-refractivity contribution in [1.29, 1.82) is 0 Å². The van der Waals surface area contributed by atoms with Crippen LogP contribution in [0.2, 0.25) is 0 Å². The fourth-order valence-electron chi connectivity index (χ4n) is 2.26. The average Bonchev–Trinajstić information content (AvgIpc) is 2.49. The molecule has 0 aliphatic carbocycles. The minimum Gasteiger partial charge on any atom is -0.369 e. The minimum absolute atomic E-state index is 0.826. The normalized spacial score (nSPS) is 10.6. The van der Waals surface area contributed by atoms with Gasteiger partial charge < -0.3 is 10.2 Å². The molecule has 112 valence electrons. The number of anilines is 1. The van der Waals surface area contributed by atoms with E-state index in [9.17, 15) is 0 Å². The van der Waals surface area contributed by atoms with Crippen LogP contribution in [0.4, 0.5) is 5.69 Å². The van der Waals surface area contributed by atoms with Crippen LogP contribution in [0.15, 0.2) is 42.6 Å². The van der Waals surface area contributed by atoms with Crippen LogP contribution < -0.4 is 10.2 Å². The molecular weight excluding hydrogens is 258 g/mol. The highest BCUT2D eigenvalue weighted by molar-refractivity contribution is 5.47. The summed E-state index contributed by atoms with van der Waals surface area (Å²) in [5.41, 5.74) is 4.85. The summed E-state index contributed by atoms with van der Waals surface area (Å²) >= 11 is 0. The molecule has 0 aliphatic rings. The zero-order valence-electron chi connectivity index (χ0n) is 13.3. The lowest BCUT2D eigenvalue weighted by atomic mass is 10.2. The smallest absolute Gasteiger partial charge is 0.0598 e. The van der Waals surface area contributed by atoms with Crippen molar-refractivity contribution >= 4 is 5.69 Å². The van der Waals surface area contributed by atoms with Crippen molar-refractivity contribution in [2.45, 2.75) is 33.4 Å². The highest BCUT2D eigenvalue weighted by Gasteiger charge is 2.03. The van der Waals surface area contributed by atoms with Gasteiger partial charge in [0, 0.05) is 25.5 Å². The lowest BCUT2D eigenvalue weighted by molar-refractivity contribution is 0.673. The van der Waals surface area contributed by atoms with Crippen molar-refractivity contribution in [2.24, 2.45) is 0 Å². The van der Waals surface area contributed by atoms with Gasteiger partial charge in [0.2, 0.25) is 0 Å². The molecule has 1 aromatic heterocycles. The van der Waals surface area contributed by atoms with Gasteiger partial charge in [-0.3, -0.25) is 4.98 Å². The monoisotopic (exact) mass is 283 g/mol. The quantitative estimate of drug-likeness (QED) is 0.788. The maximum atomic E-state index is 4.56. The Morgan fingerprint density at radius 2 is 2.05 bits per heavy atom. The van der Waals surface area contributed by atoms with E-state index < -0.39 is 0 Å². The summed E-state index contributed by atoms with van der Waals surface area (Å²) in [5.74, 6) is 0. The number of aryl methyl sites for hydroxylation is 1. The van der Waals surface area contributed by atoms with E-state index in [-0.39, 0.29) is 0 Å². The molecule has 0 spiro atoms. The molecule has 0 atom stereocenters. The highest BCUT2D eigenvalue weighted by Crippen LogP contribution is 2.16. The molecule has 1 aromatic carbocycles. The second kappa shape index (κ2) is 7.79. The number of rotatable bonds is 7. The van der Waals surface area contributed by atoms with E-state index in [0.29, 0.717) is 0 Å². The third-order valence-corrected chi connectivity index (χ3v) is 3.48. The van der Waals surface area contributed by atoms with Crippen LogP contribution in [0.5, 0.6) is 0 Å². The molecule has 3 heteroatoms.